The van der Waals surface area contributed by atoms with Crippen LogP contribution in [0.15, 0.2) is 30.3 Å². The van der Waals surface area contributed by atoms with Gasteiger partial charge in [0, 0.05) is 12.1 Å². The van der Waals surface area contributed by atoms with Gasteiger partial charge in [0.2, 0.25) is 0 Å². The fourth-order valence-electron chi connectivity index (χ4n) is 1.71. The molecule has 2 N–H and O–H groups in total. The first-order valence-electron chi connectivity index (χ1n) is 5.64. The Kier molecular flexibility index (Phi) is 3.65. The van der Waals surface area contributed by atoms with Gasteiger partial charge in [-0.25, -0.2) is 18.0 Å². The van der Waals surface area contributed by atoms with E-state index in [1.165, 1.54) is 12.1 Å². The highest BCUT2D eigenvalue weighted by Gasteiger charge is 2.14. The number of carbonyl (C=O) groups is 1. The fraction of sp³-hybridized carbons (Fsp3) is 0.0714. The Labute approximate surface area is 112 Å². The molecule has 0 radical (unpaired) electrons. The highest BCUT2D eigenvalue weighted by molar-refractivity contribution is 5.95. The minimum Gasteiger partial charge on any atom is -0.478 e. The second kappa shape index (κ2) is 5.24. The average Bonchev–Trinajstić information content (AvgIpc) is 2.37. The van der Waals surface area contributed by atoms with Crippen LogP contribution in [0.3, 0.4) is 0 Å². The van der Waals surface area contributed by atoms with Crippen LogP contribution in [0.4, 0.5) is 24.5 Å². The van der Waals surface area contributed by atoms with Gasteiger partial charge in [-0.05, 0) is 19.1 Å². The summed E-state index contributed by atoms with van der Waals surface area (Å²) in [6, 6.07) is 5.47. The molecule has 0 amide bonds. The van der Waals surface area contributed by atoms with Crippen LogP contribution in [0, 0.1) is 24.4 Å². The molecule has 0 aliphatic rings. The Balaban J connectivity index is 2.45. The Morgan fingerprint density at radius 3 is 2.30 bits per heavy atom. The van der Waals surface area contributed by atoms with Crippen molar-refractivity contribution in [2.24, 2.45) is 0 Å². The number of hydrogen-bond acceptors (Lipinski definition) is 2. The molecular weight excluding hydrogens is 271 g/mol. The summed E-state index contributed by atoms with van der Waals surface area (Å²) >= 11 is 0. The van der Waals surface area contributed by atoms with Crippen LogP contribution in [0.2, 0.25) is 0 Å². The number of benzene rings is 2. The number of anilines is 2. The van der Waals surface area contributed by atoms with Crippen LogP contribution >= 0.6 is 0 Å². The molecule has 0 heterocycles. The second-order valence-corrected chi connectivity index (χ2v) is 4.23. The van der Waals surface area contributed by atoms with Gasteiger partial charge in [-0.1, -0.05) is 11.6 Å². The van der Waals surface area contributed by atoms with Crippen molar-refractivity contribution in [1.29, 1.82) is 0 Å². The summed E-state index contributed by atoms with van der Waals surface area (Å²) in [4.78, 5) is 11.1. The lowest BCUT2D eigenvalue weighted by molar-refractivity contribution is 0.0698. The molecule has 0 aromatic heterocycles. The predicted octanol–water partition coefficient (Wildman–Crippen LogP) is 3.85. The van der Waals surface area contributed by atoms with Gasteiger partial charge in [0.25, 0.3) is 0 Å². The zero-order valence-electron chi connectivity index (χ0n) is 10.4. The monoisotopic (exact) mass is 281 g/mol. The third kappa shape index (κ3) is 2.74. The molecule has 0 unspecified atom stereocenters. The predicted molar refractivity (Wildman–Crippen MR) is 67.7 cm³/mol. The highest BCUT2D eigenvalue weighted by Crippen LogP contribution is 2.26. The molecule has 20 heavy (non-hydrogen) atoms. The van der Waals surface area contributed by atoms with Crippen molar-refractivity contribution in [1.82, 2.24) is 0 Å². The number of carboxylic acids is 1. The lowest BCUT2D eigenvalue weighted by Gasteiger charge is -2.11. The molecule has 0 bridgehead atoms. The number of rotatable bonds is 3. The molecule has 0 saturated heterocycles. The number of aryl methyl sites for hydroxylation is 1. The van der Waals surface area contributed by atoms with Crippen molar-refractivity contribution >= 4 is 17.3 Å². The summed E-state index contributed by atoms with van der Waals surface area (Å²) in [6.45, 7) is 1.70. The van der Waals surface area contributed by atoms with Crippen LogP contribution in [-0.2, 0) is 0 Å². The van der Waals surface area contributed by atoms with Crippen molar-refractivity contribution in [3.63, 3.8) is 0 Å². The van der Waals surface area contributed by atoms with Crippen molar-refractivity contribution in [2.75, 3.05) is 5.32 Å². The Bertz CT molecular complexity index is 686. The largest absolute Gasteiger partial charge is 0.478 e. The molecule has 104 valence electrons. The maximum Gasteiger partial charge on any atom is 0.337 e. The molecule has 0 spiro atoms. The topological polar surface area (TPSA) is 49.3 Å². The van der Waals surface area contributed by atoms with Crippen molar-refractivity contribution < 1.29 is 23.1 Å². The number of carboxylic acid groups (broad SMARTS) is 1. The number of aromatic carboxylic acids is 1. The lowest BCUT2D eigenvalue weighted by atomic mass is 10.1. The molecule has 6 heteroatoms. The zero-order valence-corrected chi connectivity index (χ0v) is 10.4. The SMILES string of the molecule is Cc1ccc(Nc2cc(F)c(F)cc2F)c(C(=O)O)c1. The molecular formula is C14H10F3NO2. The van der Waals surface area contributed by atoms with Gasteiger partial charge in [-0.15, -0.1) is 0 Å². The molecule has 0 fully saturated rings. The number of hydrogen-bond donors (Lipinski definition) is 2. The summed E-state index contributed by atoms with van der Waals surface area (Å²) in [5, 5.41) is 11.5. The van der Waals surface area contributed by atoms with E-state index >= 15 is 0 Å². The lowest BCUT2D eigenvalue weighted by Crippen LogP contribution is -2.05. The van der Waals surface area contributed by atoms with E-state index in [1.807, 2.05) is 0 Å². The van der Waals surface area contributed by atoms with E-state index in [1.54, 1.807) is 13.0 Å². The van der Waals surface area contributed by atoms with Crippen LogP contribution in [0.1, 0.15) is 15.9 Å². The summed E-state index contributed by atoms with van der Waals surface area (Å²) in [6.07, 6.45) is 0. The summed E-state index contributed by atoms with van der Waals surface area (Å²) in [5.41, 5.74) is 0.371. The first-order valence-corrected chi connectivity index (χ1v) is 5.64. The number of nitrogens with one attached hydrogen (secondary N) is 1. The first kappa shape index (κ1) is 13.9. The second-order valence-electron chi connectivity index (χ2n) is 4.23. The standard InChI is InChI=1S/C14H10F3NO2/c1-7-2-3-12(8(4-7)14(19)20)18-13-6-10(16)9(15)5-11(13)17/h2-6,18H,1H3,(H,19,20). The summed E-state index contributed by atoms with van der Waals surface area (Å²) in [7, 11) is 0. The molecule has 0 aliphatic heterocycles. The molecule has 2 aromatic carbocycles. The van der Waals surface area contributed by atoms with Crippen LogP contribution < -0.4 is 5.32 Å². The average molecular weight is 281 g/mol. The highest BCUT2D eigenvalue weighted by atomic mass is 19.2. The third-order valence-corrected chi connectivity index (χ3v) is 2.68. The number of halogens is 3. The van der Waals surface area contributed by atoms with Gasteiger partial charge in [0.05, 0.1) is 16.9 Å². The maximum atomic E-state index is 13.5. The van der Waals surface area contributed by atoms with Crippen molar-refractivity contribution in [3.8, 4) is 0 Å². The third-order valence-electron chi connectivity index (χ3n) is 2.68. The van der Waals surface area contributed by atoms with E-state index < -0.39 is 23.4 Å². The molecule has 2 aromatic rings. The van der Waals surface area contributed by atoms with Gasteiger partial charge in [-0.2, -0.15) is 0 Å². The van der Waals surface area contributed by atoms with Crippen LogP contribution in [0.5, 0.6) is 0 Å². The van der Waals surface area contributed by atoms with E-state index in [0.717, 1.165) is 0 Å². The van der Waals surface area contributed by atoms with Crippen molar-refractivity contribution in [3.05, 3.63) is 58.9 Å². The van der Waals surface area contributed by atoms with E-state index in [2.05, 4.69) is 5.32 Å². The smallest absolute Gasteiger partial charge is 0.337 e. The van der Waals surface area contributed by atoms with E-state index in [0.29, 0.717) is 17.7 Å². The first-order chi connectivity index (χ1) is 9.38. The minimum atomic E-state index is -1.31. The van der Waals surface area contributed by atoms with E-state index in [-0.39, 0.29) is 16.9 Å². The van der Waals surface area contributed by atoms with E-state index in [4.69, 9.17) is 5.11 Å². The van der Waals surface area contributed by atoms with Crippen molar-refractivity contribution in [2.45, 2.75) is 6.92 Å². The van der Waals surface area contributed by atoms with Gasteiger partial charge >= 0.3 is 5.97 Å². The summed E-state index contributed by atoms with van der Waals surface area (Å²) < 4.78 is 39.4. The quantitative estimate of drug-likeness (QED) is 0.840. The van der Waals surface area contributed by atoms with E-state index in [9.17, 15) is 18.0 Å². The molecule has 0 aliphatic carbocycles. The molecule has 2 rings (SSSR count). The Morgan fingerprint density at radius 1 is 1.00 bits per heavy atom. The molecule has 3 nitrogen and oxygen atoms in total. The van der Waals surface area contributed by atoms with Crippen LogP contribution in [0.25, 0.3) is 0 Å². The fourth-order valence-corrected chi connectivity index (χ4v) is 1.71. The molecule has 0 saturated carbocycles. The van der Waals surface area contributed by atoms with Gasteiger partial charge in [-0.3, -0.25) is 0 Å². The molecule has 0 atom stereocenters. The summed E-state index contributed by atoms with van der Waals surface area (Å²) in [5.74, 6) is -4.76. The van der Waals surface area contributed by atoms with Gasteiger partial charge in [0.15, 0.2) is 11.6 Å². The van der Waals surface area contributed by atoms with Gasteiger partial charge in [0.1, 0.15) is 5.82 Å². The van der Waals surface area contributed by atoms with Gasteiger partial charge < -0.3 is 10.4 Å². The normalized spacial score (nSPS) is 10.4. The minimum absolute atomic E-state index is 0.0888. The zero-order chi connectivity index (χ0) is 14.9. The Morgan fingerprint density at radius 2 is 1.65 bits per heavy atom. The Hall–Kier alpha value is -2.50. The maximum absolute atomic E-state index is 13.5. The van der Waals surface area contributed by atoms with Crippen LogP contribution in [-0.4, -0.2) is 11.1 Å².